The third-order valence-corrected chi connectivity index (χ3v) is 4.08. The third kappa shape index (κ3) is 2.74. The van der Waals surface area contributed by atoms with Gasteiger partial charge in [0.15, 0.2) is 5.82 Å². The van der Waals surface area contributed by atoms with Crippen molar-refractivity contribution in [1.29, 1.82) is 0 Å². The van der Waals surface area contributed by atoms with Crippen LogP contribution in [0.4, 0.5) is 0 Å². The summed E-state index contributed by atoms with van der Waals surface area (Å²) in [7, 11) is 0. The van der Waals surface area contributed by atoms with Gasteiger partial charge < -0.3 is 9.84 Å². The number of nitrogens with one attached hydrogen (secondary N) is 1. The third-order valence-electron chi connectivity index (χ3n) is 4.08. The fourth-order valence-corrected chi connectivity index (χ4v) is 2.85. The van der Waals surface area contributed by atoms with E-state index in [0.717, 1.165) is 18.3 Å². The van der Waals surface area contributed by atoms with E-state index in [4.69, 9.17) is 4.52 Å². The van der Waals surface area contributed by atoms with Crippen LogP contribution >= 0.6 is 0 Å². The fraction of sp³-hybridized carbons (Fsp3) is 0.857. The lowest BCUT2D eigenvalue weighted by atomic mass is 10.0. The molecule has 1 aliphatic rings. The molecule has 1 aromatic rings. The second-order valence-electron chi connectivity index (χ2n) is 5.90. The molecule has 0 bridgehead atoms. The van der Waals surface area contributed by atoms with Gasteiger partial charge in [-0.3, -0.25) is 0 Å². The Labute approximate surface area is 110 Å². The quantitative estimate of drug-likeness (QED) is 0.873. The van der Waals surface area contributed by atoms with Crippen LogP contribution in [0.25, 0.3) is 0 Å². The van der Waals surface area contributed by atoms with Gasteiger partial charge in [-0.25, -0.2) is 0 Å². The van der Waals surface area contributed by atoms with Gasteiger partial charge in [0.05, 0.1) is 5.54 Å². The maximum atomic E-state index is 5.44. The number of hydrogen-bond donors (Lipinski definition) is 1. The highest BCUT2D eigenvalue weighted by Crippen LogP contribution is 2.38. The minimum absolute atomic E-state index is 0.233. The molecule has 102 valence electrons. The summed E-state index contributed by atoms with van der Waals surface area (Å²) in [6.45, 7) is 9.41. The van der Waals surface area contributed by atoms with Crippen molar-refractivity contribution < 1.29 is 4.52 Å². The Kier molecular flexibility index (Phi) is 4.05. The SMILES string of the molecule is CCNC(C)(C)c1nc(C2CCC(CC)C2)no1. The Morgan fingerprint density at radius 3 is 2.72 bits per heavy atom. The van der Waals surface area contributed by atoms with E-state index in [9.17, 15) is 0 Å². The van der Waals surface area contributed by atoms with Crippen LogP contribution in [-0.2, 0) is 5.54 Å². The van der Waals surface area contributed by atoms with Gasteiger partial charge in [-0.05, 0) is 45.6 Å². The Morgan fingerprint density at radius 1 is 1.33 bits per heavy atom. The summed E-state index contributed by atoms with van der Waals surface area (Å²) in [6.07, 6.45) is 5.00. The van der Waals surface area contributed by atoms with E-state index >= 15 is 0 Å². The number of rotatable bonds is 5. The molecule has 1 heterocycles. The van der Waals surface area contributed by atoms with Crippen molar-refractivity contribution in [3.63, 3.8) is 0 Å². The molecule has 18 heavy (non-hydrogen) atoms. The van der Waals surface area contributed by atoms with Crippen LogP contribution in [0.15, 0.2) is 4.52 Å². The van der Waals surface area contributed by atoms with Crippen molar-refractivity contribution >= 4 is 0 Å². The molecule has 2 unspecified atom stereocenters. The molecule has 4 nitrogen and oxygen atoms in total. The minimum atomic E-state index is -0.233. The average molecular weight is 251 g/mol. The normalized spacial score (nSPS) is 24.7. The molecular weight excluding hydrogens is 226 g/mol. The fourth-order valence-electron chi connectivity index (χ4n) is 2.85. The second kappa shape index (κ2) is 5.39. The van der Waals surface area contributed by atoms with Crippen LogP contribution in [0.3, 0.4) is 0 Å². The Balaban J connectivity index is 2.07. The molecule has 0 aromatic carbocycles. The zero-order chi connectivity index (χ0) is 13.2. The van der Waals surface area contributed by atoms with Crippen LogP contribution < -0.4 is 5.32 Å². The van der Waals surface area contributed by atoms with E-state index in [2.05, 4.69) is 43.2 Å². The van der Waals surface area contributed by atoms with Crippen molar-refractivity contribution in [3.8, 4) is 0 Å². The average Bonchev–Trinajstić information content (AvgIpc) is 2.98. The first-order chi connectivity index (χ1) is 8.56. The summed E-state index contributed by atoms with van der Waals surface area (Å²) in [4.78, 5) is 4.61. The Hall–Kier alpha value is -0.900. The van der Waals surface area contributed by atoms with E-state index in [1.165, 1.54) is 25.7 Å². The molecule has 1 fully saturated rings. The lowest BCUT2D eigenvalue weighted by Gasteiger charge is -2.20. The zero-order valence-corrected chi connectivity index (χ0v) is 12.0. The Morgan fingerprint density at radius 2 is 2.11 bits per heavy atom. The lowest BCUT2D eigenvalue weighted by molar-refractivity contribution is 0.270. The number of nitrogens with zero attached hydrogens (tertiary/aromatic N) is 2. The van der Waals surface area contributed by atoms with Crippen molar-refractivity contribution in [2.45, 2.75) is 64.8 Å². The lowest BCUT2D eigenvalue weighted by Crippen LogP contribution is -2.36. The molecule has 1 saturated carbocycles. The molecule has 0 saturated heterocycles. The first-order valence-corrected chi connectivity index (χ1v) is 7.16. The van der Waals surface area contributed by atoms with Gasteiger partial charge in [-0.1, -0.05) is 25.4 Å². The van der Waals surface area contributed by atoms with Gasteiger partial charge in [0.2, 0.25) is 5.89 Å². The van der Waals surface area contributed by atoms with Crippen LogP contribution in [0, 0.1) is 5.92 Å². The highest BCUT2D eigenvalue weighted by Gasteiger charge is 2.31. The van der Waals surface area contributed by atoms with Gasteiger partial charge in [0, 0.05) is 5.92 Å². The summed E-state index contributed by atoms with van der Waals surface area (Å²) in [5, 5.41) is 7.56. The summed E-state index contributed by atoms with van der Waals surface area (Å²) in [6, 6.07) is 0. The topological polar surface area (TPSA) is 51.0 Å². The molecule has 1 aliphatic carbocycles. The van der Waals surface area contributed by atoms with Crippen LogP contribution in [-0.4, -0.2) is 16.7 Å². The molecule has 0 aliphatic heterocycles. The minimum Gasteiger partial charge on any atom is -0.337 e. The van der Waals surface area contributed by atoms with E-state index in [1.54, 1.807) is 0 Å². The van der Waals surface area contributed by atoms with Gasteiger partial charge in [0.1, 0.15) is 0 Å². The van der Waals surface area contributed by atoms with Gasteiger partial charge in [0.25, 0.3) is 0 Å². The van der Waals surface area contributed by atoms with Gasteiger partial charge >= 0.3 is 0 Å². The highest BCUT2D eigenvalue weighted by atomic mass is 16.5. The molecular formula is C14H25N3O. The largest absolute Gasteiger partial charge is 0.337 e. The first kappa shape index (κ1) is 13.5. The Bertz CT molecular complexity index is 386. The standard InChI is InChI=1S/C14H25N3O/c1-5-10-7-8-11(9-10)12-16-13(18-17-12)14(3,4)15-6-2/h10-11,15H,5-9H2,1-4H3. The van der Waals surface area contributed by atoms with Crippen molar-refractivity contribution in [1.82, 2.24) is 15.5 Å². The summed E-state index contributed by atoms with van der Waals surface area (Å²) < 4.78 is 5.44. The maximum absolute atomic E-state index is 5.44. The monoisotopic (exact) mass is 251 g/mol. The van der Waals surface area contributed by atoms with Crippen LogP contribution in [0.5, 0.6) is 0 Å². The summed E-state index contributed by atoms with van der Waals surface area (Å²) in [5.41, 5.74) is -0.233. The molecule has 0 spiro atoms. The highest BCUT2D eigenvalue weighted by molar-refractivity contribution is 5.04. The van der Waals surface area contributed by atoms with Crippen molar-refractivity contribution in [2.75, 3.05) is 6.54 Å². The molecule has 2 atom stereocenters. The van der Waals surface area contributed by atoms with Gasteiger partial charge in [-0.2, -0.15) is 4.98 Å². The van der Waals surface area contributed by atoms with Crippen molar-refractivity contribution in [3.05, 3.63) is 11.7 Å². The predicted molar refractivity (Wildman–Crippen MR) is 71.4 cm³/mol. The van der Waals surface area contributed by atoms with Gasteiger partial charge in [-0.15, -0.1) is 0 Å². The number of hydrogen-bond acceptors (Lipinski definition) is 4. The molecule has 2 rings (SSSR count). The summed E-state index contributed by atoms with van der Waals surface area (Å²) in [5.74, 6) is 2.97. The molecule has 0 amide bonds. The van der Waals surface area contributed by atoms with Crippen LogP contribution in [0.1, 0.15) is 71.0 Å². The maximum Gasteiger partial charge on any atom is 0.246 e. The molecule has 0 radical (unpaired) electrons. The molecule has 1 aromatic heterocycles. The van der Waals surface area contributed by atoms with E-state index < -0.39 is 0 Å². The van der Waals surface area contributed by atoms with E-state index in [0.29, 0.717) is 11.8 Å². The van der Waals surface area contributed by atoms with E-state index in [-0.39, 0.29) is 5.54 Å². The number of aromatic nitrogens is 2. The zero-order valence-electron chi connectivity index (χ0n) is 12.0. The molecule has 4 heteroatoms. The molecule has 1 N–H and O–H groups in total. The second-order valence-corrected chi connectivity index (χ2v) is 5.90. The summed E-state index contributed by atoms with van der Waals surface area (Å²) >= 11 is 0. The van der Waals surface area contributed by atoms with Crippen LogP contribution in [0.2, 0.25) is 0 Å². The van der Waals surface area contributed by atoms with E-state index in [1.807, 2.05) is 0 Å². The predicted octanol–water partition coefficient (Wildman–Crippen LogP) is 3.21. The first-order valence-electron chi connectivity index (χ1n) is 7.16. The van der Waals surface area contributed by atoms with Crippen molar-refractivity contribution in [2.24, 2.45) is 5.92 Å². The smallest absolute Gasteiger partial charge is 0.246 e.